The molecule has 1 rings (SSSR count). The Balaban J connectivity index is 2.39. The van der Waals surface area contributed by atoms with Crippen LogP contribution in [0.3, 0.4) is 0 Å². The van der Waals surface area contributed by atoms with E-state index in [0.29, 0.717) is 11.6 Å². The third-order valence-electron chi connectivity index (χ3n) is 1.68. The van der Waals surface area contributed by atoms with E-state index in [1.54, 1.807) is 12.1 Å². The molecule has 0 radical (unpaired) electrons. The van der Waals surface area contributed by atoms with Crippen LogP contribution in [0, 0.1) is 0 Å². The first-order valence-electron chi connectivity index (χ1n) is 5.15. The van der Waals surface area contributed by atoms with Gasteiger partial charge in [-0.25, -0.2) is 0 Å². The molecule has 16 heavy (non-hydrogen) atoms. The summed E-state index contributed by atoms with van der Waals surface area (Å²) < 4.78 is 5.49. The Morgan fingerprint density at radius 2 is 1.94 bits per heavy atom. The molecule has 4 heteroatoms. The van der Waals surface area contributed by atoms with Gasteiger partial charge in [-0.3, -0.25) is 0 Å². The minimum Gasteiger partial charge on any atom is -0.488 e. The topological polar surface area (TPSA) is 30.8 Å². The van der Waals surface area contributed by atoms with Crippen LogP contribution in [0.15, 0.2) is 29.4 Å². The molecule has 0 aliphatic heterocycles. The monoisotopic (exact) mass is 241 g/mol. The molecule has 0 N–H and O–H groups in total. The van der Waals surface area contributed by atoms with Crippen LogP contribution in [0.1, 0.15) is 20.8 Å². The van der Waals surface area contributed by atoms with Gasteiger partial charge in [-0.05, 0) is 45.0 Å². The van der Waals surface area contributed by atoms with Crippen molar-refractivity contribution in [3.63, 3.8) is 0 Å². The average molecular weight is 242 g/mol. The van der Waals surface area contributed by atoms with Crippen molar-refractivity contribution in [2.45, 2.75) is 26.9 Å². The van der Waals surface area contributed by atoms with E-state index in [4.69, 9.17) is 21.2 Å². The normalized spacial score (nSPS) is 11.7. The summed E-state index contributed by atoms with van der Waals surface area (Å²) in [6.45, 7) is 6.13. The van der Waals surface area contributed by atoms with Gasteiger partial charge in [0.2, 0.25) is 0 Å². The van der Waals surface area contributed by atoms with E-state index in [0.717, 1.165) is 11.5 Å². The van der Waals surface area contributed by atoms with Crippen molar-refractivity contribution in [2.75, 3.05) is 6.61 Å². The molecular weight excluding hydrogens is 226 g/mol. The lowest BCUT2D eigenvalue weighted by Gasteiger charge is -2.07. The number of hydrogen-bond donors (Lipinski definition) is 0. The fraction of sp³-hybridized carbons (Fsp3) is 0.417. The Labute approximate surface area is 101 Å². The minimum absolute atomic E-state index is 0.0884. The molecule has 0 saturated heterocycles. The van der Waals surface area contributed by atoms with Crippen LogP contribution in [0.4, 0.5) is 0 Å². The predicted molar refractivity (Wildman–Crippen MR) is 66.3 cm³/mol. The molecule has 0 amide bonds. The van der Waals surface area contributed by atoms with E-state index in [9.17, 15) is 0 Å². The fourth-order valence-electron chi connectivity index (χ4n) is 0.940. The molecule has 0 aliphatic rings. The Morgan fingerprint density at radius 1 is 1.31 bits per heavy atom. The van der Waals surface area contributed by atoms with Crippen molar-refractivity contribution in [1.29, 1.82) is 0 Å². The number of oxime groups is 1. The van der Waals surface area contributed by atoms with Gasteiger partial charge in [0.05, 0.1) is 5.71 Å². The molecule has 0 unspecified atom stereocenters. The van der Waals surface area contributed by atoms with E-state index >= 15 is 0 Å². The molecule has 0 aromatic heterocycles. The second kappa shape index (κ2) is 6.38. The summed E-state index contributed by atoms with van der Waals surface area (Å²) in [7, 11) is 0. The van der Waals surface area contributed by atoms with Gasteiger partial charge in [-0.15, -0.1) is 0 Å². The summed E-state index contributed by atoms with van der Waals surface area (Å²) in [5, 5.41) is 4.62. The average Bonchev–Trinajstić information content (AvgIpc) is 2.25. The number of ether oxygens (including phenoxy) is 1. The van der Waals surface area contributed by atoms with Crippen LogP contribution < -0.4 is 4.74 Å². The van der Waals surface area contributed by atoms with Crippen molar-refractivity contribution < 1.29 is 9.57 Å². The second-order valence-corrected chi connectivity index (χ2v) is 4.16. The largest absolute Gasteiger partial charge is 0.488 e. The fourth-order valence-corrected chi connectivity index (χ4v) is 1.07. The van der Waals surface area contributed by atoms with Gasteiger partial charge in [-0.1, -0.05) is 16.8 Å². The SMILES string of the molecule is C/C(COc1ccc(Cl)cc1)=N/OC(C)C. The van der Waals surface area contributed by atoms with Crippen molar-refractivity contribution >= 4 is 17.3 Å². The zero-order valence-electron chi connectivity index (χ0n) is 9.74. The summed E-state index contributed by atoms with van der Waals surface area (Å²) in [4.78, 5) is 5.10. The Morgan fingerprint density at radius 3 is 2.50 bits per heavy atom. The van der Waals surface area contributed by atoms with Gasteiger partial charge in [0.25, 0.3) is 0 Å². The van der Waals surface area contributed by atoms with Crippen LogP contribution in [0.25, 0.3) is 0 Å². The van der Waals surface area contributed by atoms with Gasteiger partial charge < -0.3 is 9.57 Å². The lowest BCUT2D eigenvalue weighted by molar-refractivity contribution is 0.0845. The maximum Gasteiger partial charge on any atom is 0.129 e. The van der Waals surface area contributed by atoms with Crippen molar-refractivity contribution in [2.24, 2.45) is 5.16 Å². The van der Waals surface area contributed by atoms with Gasteiger partial charge in [0.1, 0.15) is 18.5 Å². The van der Waals surface area contributed by atoms with Gasteiger partial charge in [0, 0.05) is 5.02 Å². The maximum absolute atomic E-state index is 5.76. The molecule has 0 saturated carbocycles. The summed E-state index contributed by atoms with van der Waals surface area (Å²) in [5.41, 5.74) is 0.795. The first kappa shape index (κ1) is 12.8. The number of nitrogens with zero attached hydrogens (tertiary/aromatic N) is 1. The van der Waals surface area contributed by atoms with Crippen LogP contribution >= 0.6 is 11.6 Å². The van der Waals surface area contributed by atoms with Gasteiger partial charge in [-0.2, -0.15) is 0 Å². The first-order chi connectivity index (χ1) is 7.58. The Bertz CT molecular complexity index is 347. The highest BCUT2D eigenvalue weighted by Gasteiger charge is 1.97. The summed E-state index contributed by atoms with van der Waals surface area (Å²) in [5.74, 6) is 0.767. The lowest BCUT2D eigenvalue weighted by Crippen LogP contribution is -2.09. The molecule has 1 aromatic carbocycles. The third kappa shape index (κ3) is 5.03. The summed E-state index contributed by atoms with van der Waals surface area (Å²) in [6.07, 6.45) is 0.0884. The molecule has 0 aliphatic carbocycles. The Hall–Kier alpha value is -1.22. The third-order valence-corrected chi connectivity index (χ3v) is 1.93. The molecule has 1 aromatic rings. The number of rotatable bonds is 5. The van der Waals surface area contributed by atoms with Crippen LogP contribution in [0.2, 0.25) is 5.02 Å². The smallest absolute Gasteiger partial charge is 0.129 e. The molecule has 0 spiro atoms. The summed E-state index contributed by atoms with van der Waals surface area (Å²) >= 11 is 5.76. The second-order valence-electron chi connectivity index (χ2n) is 3.72. The first-order valence-corrected chi connectivity index (χ1v) is 5.53. The Kier molecular flexibility index (Phi) is 5.12. The van der Waals surface area contributed by atoms with Gasteiger partial charge >= 0.3 is 0 Å². The zero-order chi connectivity index (χ0) is 12.0. The number of hydrogen-bond acceptors (Lipinski definition) is 3. The van der Waals surface area contributed by atoms with E-state index in [2.05, 4.69) is 5.16 Å². The van der Waals surface area contributed by atoms with E-state index in [1.807, 2.05) is 32.9 Å². The summed E-state index contributed by atoms with van der Waals surface area (Å²) in [6, 6.07) is 7.21. The van der Waals surface area contributed by atoms with Crippen molar-refractivity contribution in [3.05, 3.63) is 29.3 Å². The zero-order valence-corrected chi connectivity index (χ0v) is 10.5. The van der Waals surface area contributed by atoms with E-state index < -0.39 is 0 Å². The molecule has 88 valence electrons. The number of halogens is 1. The van der Waals surface area contributed by atoms with Crippen LogP contribution in [-0.2, 0) is 4.84 Å². The lowest BCUT2D eigenvalue weighted by atomic mass is 10.3. The minimum atomic E-state index is 0.0884. The van der Waals surface area contributed by atoms with Crippen molar-refractivity contribution in [1.82, 2.24) is 0 Å². The highest BCUT2D eigenvalue weighted by molar-refractivity contribution is 6.30. The predicted octanol–water partition coefficient (Wildman–Crippen LogP) is 3.52. The number of benzene rings is 1. The maximum atomic E-state index is 5.76. The van der Waals surface area contributed by atoms with E-state index in [1.165, 1.54) is 0 Å². The standard InChI is InChI=1S/C12H16ClNO2/c1-9(2)16-14-10(3)8-15-12-6-4-11(13)5-7-12/h4-7,9H,8H2,1-3H3/b14-10-. The highest BCUT2D eigenvalue weighted by Crippen LogP contribution is 2.15. The molecule has 3 nitrogen and oxygen atoms in total. The molecule has 0 bridgehead atoms. The van der Waals surface area contributed by atoms with Crippen molar-refractivity contribution in [3.8, 4) is 5.75 Å². The molecule has 0 atom stereocenters. The van der Waals surface area contributed by atoms with E-state index in [-0.39, 0.29) is 6.10 Å². The highest BCUT2D eigenvalue weighted by atomic mass is 35.5. The van der Waals surface area contributed by atoms with Crippen LogP contribution in [-0.4, -0.2) is 18.4 Å². The molecular formula is C12H16ClNO2. The molecule has 0 heterocycles. The van der Waals surface area contributed by atoms with Crippen LogP contribution in [0.5, 0.6) is 5.75 Å². The molecule has 0 fully saturated rings. The quantitative estimate of drug-likeness (QED) is 0.583. The van der Waals surface area contributed by atoms with Gasteiger partial charge in [0.15, 0.2) is 0 Å².